The van der Waals surface area contributed by atoms with E-state index in [-0.39, 0.29) is 36.9 Å². The Kier molecular flexibility index (Phi) is 19.3. The first-order valence-electron chi connectivity index (χ1n) is 23.8. The molecule has 0 spiro atoms. The van der Waals surface area contributed by atoms with Crippen LogP contribution in [0.1, 0.15) is 104 Å². The van der Waals surface area contributed by atoms with Crippen LogP contribution >= 0.6 is 0 Å². The predicted octanol–water partition coefficient (Wildman–Crippen LogP) is 3.79. The zero-order valence-electron chi connectivity index (χ0n) is 41.4. The number of unbranched alkanes of at least 4 members (excludes halogenated alkanes) is 2. The van der Waals surface area contributed by atoms with Gasteiger partial charge in [0.1, 0.15) is 42.2 Å². The summed E-state index contributed by atoms with van der Waals surface area (Å²) in [7, 11) is 1.44. The number of fused-ring (bicyclic) bond motifs is 5. The molecule has 0 fully saturated rings. The summed E-state index contributed by atoms with van der Waals surface area (Å²) in [6, 6.07) is 15.4. The summed E-state index contributed by atoms with van der Waals surface area (Å²) < 4.78 is 12.7. The number of benzene rings is 3. The van der Waals surface area contributed by atoms with Gasteiger partial charge in [0.25, 0.3) is 5.91 Å². The monoisotopic (exact) mass is 960 g/mol. The van der Waals surface area contributed by atoms with Gasteiger partial charge in [0, 0.05) is 30.2 Å². The Morgan fingerprint density at radius 1 is 0.843 bits per heavy atom. The number of ether oxygens (including phenoxy) is 2. The van der Waals surface area contributed by atoms with Gasteiger partial charge in [-0.1, -0.05) is 57.2 Å². The molecule has 374 valence electrons. The Morgan fingerprint density at radius 2 is 1.44 bits per heavy atom. The summed E-state index contributed by atoms with van der Waals surface area (Å²) in [5.41, 5.74) is 22.6. The van der Waals surface area contributed by atoms with Crippen molar-refractivity contribution in [2.45, 2.75) is 110 Å². The van der Waals surface area contributed by atoms with E-state index in [1.807, 2.05) is 36.4 Å². The second kappa shape index (κ2) is 25.1. The molecule has 1 unspecified atom stereocenters. The Balaban J connectivity index is 1.59. The molecule has 4 aromatic rings. The van der Waals surface area contributed by atoms with Gasteiger partial charge in [-0.2, -0.15) is 5.26 Å². The van der Waals surface area contributed by atoms with Crippen molar-refractivity contribution in [2.24, 2.45) is 17.2 Å². The van der Waals surface area contributed by atoms with E-state index >= 15 is 0 Å². The number of aromatic nitrogens is 2. The Bertz CT molecular complexity index is 2510. The van der Waals surface area contributed by atoms with E-state index in [0.717, 1.165) is 24.0 Å². The molecule has 4 bridgehead atoms. The molecule has 18 heteroatoms. The molecule has 70 heavy (non-hydrogen) atoms. The summed E-state index contributed by atoms with van der Waals surface area (Å²) in [5.74, 6) is -1.91. The molecule has 5 amide bonds. The normalized spacial score (nSPS) is 16.4. The van der Waals surface area contributed by atoms with Crippen LogP contribution in [-0.2, 0) is 31.0 Å². The van der Waals surface area contributed by atoms with E-state index in [1.165, 1.54) is 18.9 Å². The third kappa shape index (κ3) is 13.9. The summed E-state index contributed by atoms with van der Waals surface area (Å²) >= 11 is 0. The molecule has 18 nitrogen and oxygen atoms in total. The summed E-state index contributed by atoms with van der Waals surface area (Å²) in [6.07, 6.45) is 2.81. The maximum atomic E-state index is 14.8. The number of nitriles is 1. The SMILES string of the molecule is Cc1nc(-c2ccc(C(C)(C)C)cc2)nc(C)c1C(=O)NC(CCN)C(=O)N(C)[C@@H]1C(=O)N[C@@H](C)C(=O)N[C@H](C(=O)NCC#N)Cc2ccc(OCCCCN)c(c2)-c2cc1ccc2OCCCCN. The molecule has 4 atom stereocenters. The van der Waals surface area contributed by atoms with Crippen molar-refractivity contribution in [1.29, 1.82) is 5.26 Å². The average molecular weight is 960 g/mol. The highest BCUT2D eigenvalue weighted by Crippen LogP contribution is 2.40. The third-order valence-corrected chi connectivity index (χ3v) is 12.1. The molecule has 0 saturated heterocycles. The summed E-state index contributed by atoms with van der Waals surface area (Å²) in [4.78, 5) is 81.7. The zero-order valence-corrected chi connectivity index (χ0v) is 41.4. The molecule has 1 aromatic heterocycles. The van der Waals surface area contributed by atoms with Gasteiger partial charge in [-0.15, -0.1) is 0 Å². The lowest BCUT2D eigenvalue weighted by Crippen LogP contribution is -2.56. The molecular weight excluding hydrogens is 891 g/mol. The molecule has 3 aromatic carbocycles. The van der Waals surface area contributed by atoms with Crippen LogP contribution < -0.4 is 47.9 Å². The maximum Gasteiger partial charge on any atom is 0.255 e. The molecule has 2 heterocycles. The number of hydrogen-bond acceptors (Lipinski definition) is 13. The van der Waals surface area contributed by atoms with E-state index in [0.29, 0.717) is 90.1 Å². The third-order valence-electron chi connectivity index (χ3n) is 12.1. The fraction of sp³-hybridized carbons (Fsp3) is 0.462. The van der Waals surface area contributed by atoms with Gasteiger partial charge in [-0.05, 0) is 119 Å². The van der Waals surface area contributed by atoms with E-state index in [4.69, 9.17) is 26.7 Å². The van der Waals surface area contributed by atoms with Crippen LogP contribution in [0.5, 0.6) is 11.5 Å². The number of nitrogens with two attached hydrogens (primary N) is 3. The number of hydrogen-bond donors (Lipinski definition) is 7. The molecule has 0 aliphatic carbocycles. The summed E-state index contributed by atoms with van der Waals surface area (Å²) in [6.45, 7) is 12.6. The molecule has 0 saturated carbocycles. The molecule has 1 aliphatic heterocycles. The molecule has 10 N–H and O–H groups in total. The van der Waals surface area contributed by atoms with Crippen LogP contribution in [0.15, 0.2) is 60.7 Å². The number of rotatable bonds is 19. The van der Waals surface area contributed by atoms with E-state index < -0.39 is 53.7 Å². The van der Waals surface area contributed by atoms with Gasteiger partial charge in [0.15, 0.2) is 5.82 Å². The highest BCUT2D eigenvalue weighted by Gasteiger charge is 2.36. The van der Waals surface area contributed by atoms with Crippen molar-refractivity contribution in [2.75, 3.05) is 46.4 Å². The average Bonchev–Trinajstić information content (AvgIpc) is 3.32. The van der Waals surface area contributed by atoms with Crippen LogP contribution in [-0.4, -0.2) is 109 Å². The fourth-order valence-electron chi connectivity index (χ4n) is 8.17. The van der Waals surface area contributed by atoms with Gasteiger partial charge in [0.05, 0.1) is 36.2 Å². The topological polar surface area (TPSA) is 283 Å². The number of likely N-dealkylation sites (N-methyl/N-ethyl adjacent to an activating group) is 1. The lowest BCUT2D eigenvalue weighted by Gasteiger charge is -2.32. The standard InChI is InChI=1S/C52H69N11O7/c1-31-44(32(2)59-46(58-31)35-13-16-37(17-14-35)52(4,5)6)49(66)61-40(20-23-55)51(68)63(7)45-36-15-19-43(70-27-11-9-22-54)39(30-36)38-28-34(12-18-42(38)69-26-10-8-21-53)29-41(48(65)57-25-24-56)62-47(64)33(3)60-50(45)67/h12-19,28,30,33,40-41,45H,8-11,20-23,25-27,29,53-55H2,1-7H3,(H,57,65)(H,60,67)(H,61,66)(H,62,64)/t33-,40?,41-,45-/m0/s1. The van der Waals surface area contributed by atoms with Crippen molar-refractivity contribution in [3.63, 3.8) is 0 Å². The second-order valence-corrected chi connectivity index (χ2v) is 18.5. The highest BCUT2D eigenvalue weighted by atomic mass is 16.5. The molecular formula is C52H69N11O7. The van der Waals surface area contributed by atoms with Crippen molar-refractivity contribution >= 4 is 29.5 Å². The zero-order chi connectivity index (χ0) is 51.1. The number of carbonyl (C=O) groups is 5. The van der Waals surface area contributed by atoms with Crippen molar-refractivity contribution in [3.8, 4) is 40.1 Å². The fourth-order valence-corrected chi connectivity index (χ4v) is 8.17. The minimum atomic E-state index is -1.39. The first-order chi connectivity index (χ1) is 33.4. The molecule has 1 aliphatic rings. The minimum Gasteiger partial charge on any atom is -0.493 e. The van der Waals surface area contributed by atoms with Gasteiger partial charge in [0.2, 0.25) is 23.6 Å². The van der Waals surface area contributed by atoms with Crippen molar-refractivity contribution in [1.82, 2.24) is 36.1 Å². The molecule has 5 rings (SSSR count). The van der Waals surface area contributed by atoms with Gasteiger partial charge in [-0.3, -0.25) is 24.0 Å². The van der Waals surface area contributed by atoms with E-state index in [2.05, 4.69) is 52.0 Å². The second-order valence-electron chi connectivity index (χ2n) is 18.5. The first kappa shape index (κ1) is 54.0. The predicted molar refractivity (Wildman–Crippen MR) is 267 cm³/mol. The van der Waals surface area contributed by atoms with Crippen LogP contribution in [0.3, 0.4) is 0 Å². The lowest BCUT2D eigenvalue weighted by molar-refractivity contribution is -0.141. The first-order valence-corrected chi connectivity index (χ1v) is 23.8. The van der Waals surface area contributed by atoms with Gasteiger partial charge in [-0.25, -0.2) is 9.97 Å². The van der Waals surface area contributed by atoms with Gasteiger partial charge < -0.3 is 52.8 Å². The quantitative estimate of drug-likeness (QED) is 0.0521. The Labute approximate surface area is 410 Å². The smallest absolute Gasteiger partial charge is 0.255 e. The number of amides is 5. The van der Waals surface area contributed by atoms with Gasteiger partial charge >= 0.3 is 0 Å². The number of nitrogens with zero attached hydrogens (tertiary/aromatic N) is 4. The van der Waals surface area contributed by atoms with E-state index in [1.54, 1.807) is 44.2 Å². The lowest BCUT2D eigenvalue weighted by atomic mass is 9.86. The van der Waals surface area contributed by atoms with E-state index in [9.17, 15) is 29.2 Å². The number of carbonyl (C=O) groups excluding carboxylic acids is 5. The van der Waals surface area contributed by atoms with Crippen molar-refractivity contribution < 1.29 is 33.4 Å². The molecule has 0 radical (unpaired) electrons. The Morgan fingerprint density at radius 3 is 2.01 bits per heavy atom. The largest absolute Gasteiger partial charge is 0.493 e. The van der Waals surface area contributed by atoms with Crippen LogP contribution in [0.4, 0.5) is 0 Å². The maximum absolute atomic E-state index is 14.8. The highest BCUT2D eigenvalue weighted by molar-refractivity contribution is 6.00. The van der Waals surface area contributed by atoms with Crippen LogP contribution in [0.25, 0.3) is 22.5 Å². The van der Waals surface area contributed by atoms with Crippen molar-refractivity contribution in [3.05, 3.63) is 94.3 Å². The van der Waals surface area contributed by atoms with Crippen LogP contribution in [0, 0.1) is 25.2 Å². The number of nitrogens with one attached hydrogen (secondary N) is 4. The van der Waals surface area contributed by atoms with Crippen LogP contribution in [0.2, 0.25) is 0 Å². The number of aryl methyl sites for hydroxylation is 2. The summed E-state index contributed by atoms with van der Waals surface area (Å²) in [5, 5.41) is 20.1. The minimum absolute atomic E-state index is 0.00437. The Hall–Kier alpha value is -6.94.